The Bertz CT molecular complexity index is 450. The summed E-state index contributed by atoms with van der Waals surface area (Å²) in [7, 11) is 1.96. The maximum atomic E-state index is 6.06. The Morgan fingerprint density at radius 3 is 2.69 bits per heavy atom. The Labute approximate surface area is 113 Å². The Morgan fingerprint density at radius 1 is 1.31 bits per heavy atom. The zero-order valence-corrected chi connectivity index (χ0v) is 11.9. The first-order chi connectivity index (χ1) is 7.70. The maximum absolute atomic E-state index is 6.06. The molecule has 1 aromatic heterocycles. The van der Waals surface area contributed by atoms with Gasteiger partial charge in [-0.2, -0.15) is 11.3 Å². The van der Waals surface area contributed by atoms with Gasteiger partial charge in [-0.05, 0) is 53.2 Å². The fraction of sp³-hybridized carbons (Fsp3) is 0.167. The average molecular weight is 317 g/mol. The van der Waals surface area contributed by atoms with E-state index in [-0.39, 0.29) is 6.04 Å². The molecule has 0 spiro atoms. The molecule has 0 amide bonds. The topological polar surface area (TPSA) is 12.0 Å². The van der Waals surface area contributed by atoms with E-state index in [0.29, 0.717) is 0 Å². The van der Waals surface area contributed by atoms with Gasteiger partial charge in [0.1, 0.15) is 0 Å². The molecule has 4 heteroatoms. The van der Waals surface area contributed by atoms with Gasteiger partial charge in [-0.25, -0.2) is 0 Å². The Hall–Kier alpha value is -0.350. The van der Waals surface area contributed by atoms with Gasteiger partial charge in [0.05, 0.1) is 6.04 Å². The SMILES string of the molecule is CNC(c1ccsc1)c1cc(Cl)cc(Br)c1. The minimum atomic E-state index is 0.196. The van der Waals surface area contributed by atoms with E-state index in [1.165, 1.54) is 11.1 Å². The van der Waals surface area contributed by atoms with Crippen LogP contribution in [-0.4, -0.2) is 7.05 Å². The third-order valence-electron chi connectivity index (χ3n) is 2.38. The van der Waals surface area contributed by atoms with Gasteiger partial charge in [0.25, 0.3) is 0 Å². The summed E-state index contributed by atoms with van der Waals surface area (Å²) in [5, 5.41) is 8.28. The van der Waals surface area contributed by atoms with Crippen LogP contribution in [0.5, 0.6) is 0 Å². The molecule has 0 aliphatic heterocycles. The van der Waals surface area contributed by atoms with Gasteiger partial charge in [-0.15, -0.1) is 0 Å². The van der Waals surface area contributed by atoms with Crippen molar-refractivity contribution >= 4 is 38.9 Å². The highest BCUT2D eigenvalue weighted by molar-refractivity contribution is 9.10. The molecule has 1 nitrogen and oxygen atoms in total. The molecule has 0 aliphatic carbocycles. The molecule has 16 heavy (non-hydrogen) atoms. The first-order valence-electron chi connectivity index (χ1n) is 4.86. The standard InChI is InChI=1S/C12H11BrClNS/c1-15-12(8-2-3-16-7-8)9-4-10(13)6-11(14)5-9/h2-7,12,15H,1H3. The minimum Gasteiger partial charge on any atom is -0.309 e. The molecule has 0 bridgehead atoms. The highest BCUT2D eigenvalue weighted by atomic mass is 79.9. The summed E-state index contributed by atoms with van der Waals surface area (Å²) >= 11 is 11.2. The predicted molar refractivity (Wildman–Crippen MR) is 74.4 cm³/mol. The van der Waals surface area contributed by atoms with Crippen LogP contribution in [0.4, 0.5) is 0 Å². The van der Waals surface area contributed by atoms with Crippen molar-refractivity contribution < 1.29 is 0 Å². The summed E-state index contributed by atoms with van der Waals surface area (Å²) in [4.78, 5) is 0. The number of thiophene rings is 1. The molecule has 0 saturated heterocycles. The monoisotopic (exact) mass is 315 g/mol. The summed E-state index contributed by atoms with van der Waals surface area (Å²) in [5.74, 6) is 0. The smallest absolute Gasteiger partial charge is 0.0583 e. The van der Waals surface area contributed by atoms with E-state index in [1.54, 1.807) is 11.3 Å². The second-order valence-electron chi connectivity index (χ2n) is 3.48. The molecule has 1 heterocycles. The maximum Gasteiger partial charge on any atom is 0.0583 e. The number of benzene rings is 1. The van der Waals surface area contributed by atoms with Crippen molar-refractivity contribution in [2.24, 2.45) is 0 Å². The third kappa shape index (κ3) is 2.66. The number of rotatable bonds is 3. The predicted octanol–water partition coefficient (Wildman–Crippen LogP) is 4.47. The zero-order valence-electron chi connectivity index (χ0n) is 8.71. The molecular weight excluding hydrogens is 306 g/mol. The van der Waals surface area contributed by atoms with Crippen LogP contribution in [0.3, 0.4) is 0 Å². The Balaban J connectivity index is 2.41. The molecule has 2 aromatic rings. The van der Waals surface area contributed by atoms with E-state index in [9.17, 15) is 0 Å². The largest absolute Gasteiger partial charge is 0.309 e. The van der Waals surface area contributed by atoms with E-state index < -0.39 is 0 Å². The molecular formula is C12H11BrClNS. The summed E-state index contributed by atoms with van der Waals surface area (Å²) in [6.07, 6.45) is 0. The molecule has 84 valence electrons. The highest BCUT2D eigenvalue weighted by Gasteiger charge is 2.13. The number of hydrogen-bond donors (Lipinski definition) is 1. The average Bonchev–Trinajstić information content (AvgIpc) is 2.70. The van der Waals surface area contributed by atoms with Crippen LogP contribution in [0.15, 0.2) is 39.5 Å². The lowest BCUT2D eigenvalue weighted by Crippen LogP contribution is -2.16. The van der Waals surface area contributed by atoms with Crippen LogP contribution in [0, 0.1) is 0 Å². The van der Waals surface area contributed by atoms with Crippen molar-refractivity contribution in [3.05, 3.63) is 55.6 Å². The first kappa shape index (κ1) is 12.1. The van der Waals surface area contributed by atoms with Crippen LogP contribution in [0.1, 0.15) is 17.2 Å². The Morgan fingerprint density at radius 2 is 2.12 bits per heavy atom. The molecule has 0 aliphatic rings. The lowest BCUT2D eigenvalue weighted by atomic mass is 10.0. The van der Waals surface area contributed by atoms with Crippen molar-refractivity contribution in [3.63, 3.8) is 0 Å². The van der Waals surface area contributed by atoms with Gasteiger partial charge in [0.15, 0.2) is 0 Å². The zero-order chi connectivity index (χ0) is 11.5. The van der Waals surface area contributed by atoms with E-state index in [2.05, 4.69) is 44.1 Å². The van der Waals surface area contributed by atoms with Crippen molar-refractivity contribution in [2.45, 2.75) is 6.04 Å². The Kier molecular flexibility index (Phi) is 4.03. The van der Waals surface area contributed by atoms with E-state index in [0.717, 1.165) is 9.50 Å². The molecule has 0 radical (unpaired) electrons. The summed E-state index contributed by atoms with van der Waals surface area (Å²) in [5.41, 5.74) is 2.43. The molecule has 0 saturated carbocycles. The second-order valence-corrected chi connectivity index (χ2v) is 5.61. The number of hydrogen-bond acceptors (Lipinski definition) is 2. The fourth-order valence-electron chi connectivity index (χ4n) is 1.71. The van der Waals surface area contributed by atoms with E-state index in [4.69, 9.17) is 11.6 Å². The lowest BCUT2D eigenvalue weighted by Gasteiger charge is -2.16. The van der Waals surface area contributed by atoms with Crippen LogP contribution >= 0.6 is 38.9 Å². The van der Waals surface area contributed by atoms with Crippen LogP contribution < -0.4 is 5.32 Å². The number of halogens is 2. The quantitative estimate of drug-likeness (QED) is 0.881. The van der Waals surface area contributed by atoms with Crippen molar-refractivity contribution in [1.82, 2.24) is 5.32 Å². The van der Waals surface area contributed by atoms with Crippen molar-refractivity contribution in [2.75, 3.05) is 7.05 Å². The molecule has 1 unspecified atom stereocenters. The van der Waals surface area contributed by atoms with Gasteiger partial charge in [-0.1, -0.05) is 27.5 Å². The van der Waals surface area contributed by atoms with Crippen LogP contribution in [0.2, 0.25) is 5.02 Å². The molecule has 0 fully saturated rings. The van der Waals surface area contributed by atoms with E-state index >= 15 is 0 Å². The van der Waals surface area contributed by atoms with Crippen LogP contribution in [0.25, 0.3) is 0 Å². The van der Waals surface area contributed by atoms with Gasteiger partial charge < -0.3 is 5.32 Å². The van der Waals surface area contributed by atoms with Gasteiger partial charge in [-0.3, -0.25) is 0 Å². The van der Waals surface area contributed by atoms with Crippen molar-refractivity contribution in [3.8, 4) is 0 Å². The van der Waals surface area contributed by atoms with Gasteiger partial charge >= 0.3 is 0 Å². The van der Waals surface area contributed by atoms with Gasteiger partial charge in [0.2, 0.25) is 0 Å². The minimum absolute atomic E-state index is 0.196. The molecule has 2 rings (SSSR count). The summed E-state index contributed by atoms with van der Waals surface area (Å²) < 4.78 is 1.01. The second kappa shape index (κ2) is 5.32. The molecule has 1 N–H and O–H groups in total. The van der Waals surface area contributed by atoms with E-state index in [1.807, 2.05) is 19.2 Å². The molecule has 1 aromatic carbocycles. The number of nitrogens with one attached hydrogen (secondary N) is 1. The van der Waals surface area contributed by atoms with Crippen LogP contribution in [-0.2, 0) is 0 Å². The summed E-state index contributed by atoms with van der Waals surface area (Å²) in [6, 6.07) is 8.29. The highest BCUT2D eigenvalue weighted by Crippen LogP contribution is 2.28. The molecule has 1 atom stereocenters. The fourth-order valence-corrected chi connectivity index (χ4v) is 3.28. The normalized spacial score (nSPS) is 12.7. The van der Waals surface area contributed by atoms with Gasteiger partial charge in [0, 0.05) is 9.50 Å². The lowest BCUT2D eigenvalue weighted by molar-refractivity contribution is 0.694. The van der Waals surface area contributed by atoms with Crippen molar-refractivity contribution in [1.29, 1.82) is 0 Å². The first-order valence-corrected chi connectivity index (χ1v) is 6.97. The summed E-state index contributed by atoms with van der Waals surface area (Å²) in [6.45, 7) is 0. The third-order valence-corrected chi connectivity index (χ3v) is 3.76.